The Morgan fingerprint density at radius 2 is 1.71 bits per heavy atom. The first-order valence-corrected chi connectivity index (χ1v) is 12.4. The summed E-state index contributed by atoms with van der Waals surface area (Å²) in [5.41, 5.74) is 5.74. The number of fused-ring (bicyclic) bond motifs is 3. The molecule has 2 aromatic rings. The van der Waals surface area contributed by atoms with Crippen molar-refractivity contribution >= 4 is 29.1 Å². The van der Waals surface area contributed by atoms with Gasteiger partial charge in [-0.25, -0.2) is 4.79 Å². The van der Waals surface area contributed by atoms with Crippen LogP contribution in [-0.4, -0.2) is 45.5 Å². The van der Waals surface area contributed by atoms with Gasteiger partial charge < -0.3 is 4.74 Å². The van der Waals surface area contributed by atoms with Crippen LogP contribution in [0.1, 0.15) is 50.3 Å². The third-order valence-electron chi connectivity index (χ3n) is 7.56. The number of amides is 1. The van der Waals surface area contributed by atoms with Crippen LogP contribution in [0.5, 0.6) is 0 Å². The summed E-state index contributed by atoms with van der Waals surface area (Å²) in [6, 6.07) is 17.0. The second-order valence-electron chi connectivity index (χ2n) is 9.42. The van der Waals surface area contributed by atoms with Crippen LogP contribution in [0.25, 0.3) is 0 Å². The SMILES string of the molecule is CC(=[N+]1C(=O)CSCc2ccccc21)C(C)(C)N1CCC2(CC1)OCc1ccccc12. The van der Waals surface area contributed by atoms with Gasteiger partial charge in [0.2, 0.25) is 5.69 Å². The Balaban J connectivity index is 1.44. The molecule has 1 spiro atoms. The molecule has 0 N–H and O–H groups in total. The van der Waals surface area contributed by atoms with Crippen molar-refractivity contribution in [3.63, 3.8) is 0 Å². The van der Waals surface area contributed by atoms with Gasteiger partial charge in [0.25, 0.3) is 0 Å². The van der Waals surface area contributed by atoms with Crippen molar-refractivity contribution in [1.29, 1.82) is 0 Å². The average molecular weight is 436 g/mol. The van der Waals surface area contributed by atoms with Crippen LogP contribution in [-0.2, 0) is 27.5 Å². The largest absolute Gasteiger partial charge is 0.402 e. The van der Waals surface area contributed by atoms with E-state index < -0.39 is 0 Å². The molecule has 3 aliphatic heterocycles. The number of piperidine rings is 1. The Morgan fingerprint density at radius 3 is 2.48 bits per heavy atom. The minimum Gasteiger partial charge on any atom is -0.365 e. The molecule has 3 heterocycles. The molecule has 0 atom stereocenters. The molecule has 0 unspecified atom stereocenters. The number of thioether (sulfide) groups is 1. The van der Waals surface area contributed by atoms with E-state index in [0.29, 0.717) is 5.75 Å². The highest BCUT2D eigenvalue weighted by atomic mass is 32.2. The lowest BCUT2D eigenvalue weighted by atomic mass is 9.81. The number of likely N-dealkylation sites (tertiary alicyclic amines) is 1. The molecule has 4 nitrogen and oxygen atoms in total. The number of hydrogen-bond acceptors (Lipinski definition) is 4. The van der Waals surface area contributed by atoms with E-state index in [9.17, 15) is 4.79 Å². The monoisotopic (exact) mass is 435 g/mol. The van der Waals surface area contributed by atoms with Gasteiger partial charge >= 0.3 is 5.91 Å². The molecule has 5 rings (SSSR count). The molecular weight excluding hydrogens is 404 g/mol. The molecule has 3 aliphatic rings. The Morgan fingerprint density at radius 1 is 1.03 bits per heavy atom. The Hall–Kier alpha value is -1.95. The number of carbonyl (C=O) groups excluding carboxylic acids is 1. The van der Waals surface area contributed by atoms with Gasteiger partial charge in [0.05, 0.1) is 17.7 Å². The molecule has 5 heteroatoms. The summed E-state index contributed by atoms with van der Waals surface area (Å²) < 4.78 is 8.36. The first-order chi connectivity index (χ1) is 14.9. The predicted molar refractivity (Wildman–Crippen MR) is 126 cm³/mol. The number of benzene rings is 2. The van der Waals surface area contributed by atoms with Crippen molar-refractivity contribution in [2.75, 3.05) is 18.8 Å². The van der Waals surface area contributed by atoms with E-state index in [2.05, 4.69) is 68.1 Å². The summed E-state index contributed by atoms with van der Waals surface area (Å²) in [4.78, 5) is 15.7. The maximum Gasteiger partial charge on any atom is 0.402 e. The Bertz CT molecular complexity index is 1050. The number of ether oxygens (including phenoxy) is 1. The number of hydrogen-bond donors (Lipinski definition) is 0. The first kappa shape index (κ1) is 20.9. The highest BCUT2D eigenvalue weighted by Gasteiger charge is 2.47. The van der Waals surface area contributed by atoms with Crippen molar-refractivity contribution in [1.82, 2.24) is 4.90 Å². The Labute approximate surface area is 189 Å². The maximum atomic E-state index is 13.1. The molecule has 0 bridgehead atoms. The fraction of sp³-hybridized carbons (Fsp3) is 0.462. The minimum atomic E-state index is -0.225. The molecular formula is C26H31N2O2S+. The number of carbonyl (C=O) groups is 1. The van der Waals surface area contributed by atoms with Crippen LogP contribution in [0, 0.1) is 0 Å². The topological polar surface area (TPSA) is 32.5 Å². The fourth-order valence-electron chi connectivity index (χ4n) is 5.39. The summed E-state index contributed by atoms with van der Waals surface area (Å²) in [6.07, 6.45) is 1.97. The molecule has 1 fully saturated rings. The normalized spacial score (nSPS) is 22.7. The molecule has 0 aliphatic carbocycles. The quantitative estimate of drug-likeness (QED) is 0.631. The van der Waals surface area contributed by atoms with E-state index in [0.717, 1.165) is 49.7 Å². The average Bonchev–Trinajstić information content (AvgIpc) is 3.03. The van der Waals surface area contributed by atoms with E-state index in [4.69, 9.17) is 4.74 Å². The van der Waals surface area contributed by atoms with Crippen molar-refractivity contribution in [3.8, 4) is 0 Å². The number of para-hydroxylation sites is 1. The van der Waals surface area contributed by atoms with Crippen LogP contribution in [0.15, 0.2) is 48.5 Å². The molecule has 1 saturated heterocycles. The van der Waals surface area contributed by atoms with E-state index in [-0.39, 0.29) is 17.0 Å². The van der Waals surface area contributed by atoms with Gasteiger partial charge in [-0.15, -0.1) is 16.3 Å². The van der Waals surface area contributed by atoms with E-state index in [1.54, 1.807) is 11.8 Å². The molecule has 1 amide bonds. The van der Waals surface area contributed by atoms with Gasteiger partial charge in [0, 0.05) is 37.4 Å². The zero-order valence-corrected chi connectivity index (χ0v) is 19.5. The standard InChI is InChI=1S/C26H31N2O2S/c1-19(28-23-11-7-5-9-21(23)17-31-18-24(28)29)25(2,3)27-14-12-26(13-15-27)22-10-6-4-8-20(22)16-30-26/h4-11H,12-18H2,1-3H3/q+1. The lowest BCUT2D eigenvalue weighted by molar-refractivity contribution is -0.369. The van der Waals surface area contributed by atoms with Crippen molar-refractivity contribution in [2.45, 2.75) is 57.1 Å². The lowest BCUT2D eigenvalue weighted by Gasteiger charge is -2.45. The minimum absolute atomic E-state index is 0.140. The second-order valence-corrected chi connectivity index (χ2v) is 10.4. The molecule has 31 heavy (non-hydrogen) atoms. The van der Waals surface area contributed by atoms with Gasteiger partial charge in [-0.2, -0.15) is 0 Å². The van der Waals surface area contributed by atoms with Gasteiger partial charge in [-0.05, 0) is 37.8 Å². The highest BCUT2D eigenvalue weighted by molar-refractivity contribution is 7.99. The van der Waals surface area contributed by atoms with Crippen LogP contribution in [0.4, 0.5) is 5.69 Å². The first-order valence-electron chi connectivity index (χ1n) is 11.2. The van der Waals surface area contributed by atoms with Crippen LogP contribution in [0.3, 0.4) is 0 Å². The predicted octanol–water partition coefficient (Wildman–Crippen LogP) is 4.87. The number of nitrogens with zero attached hydrogens (tertiary/aromatic N) is 2. The molecule has 0 saturated carbocycles. The Kier molecular flexibility index (Phi) is 5.32. The number of rotatable bonds is 2. The van der Waals surface area contributed by atoms with E-state index in [1.165, 1.54) is 16.7 Å². The highest BCUT2D eigenvalue weighted by Crippen LogP contribution is 2.45. The summed E-state index contributed by atoms with van der Waals surface area (Å²) in [5, 5.41) is 0. The second kappa shape index (κ2) is 7.88. The van der Waals surface area contributed by atoms with Gasteiger partial charge in [0.15, 0.2) is 5.71 Å². The van der Waals surface area contributed by atoms with Crippen molar-refractivity contribution in [3.05, 3.63) is 65.2 Å². The van der Waals surface area contributed by atoms with Gasteiger partial charge in [-0.3, -0.25) is 4.90 Å². The van der Waals surface area contributed by atoms with Crippen LogP contribution < -0.4 is 0 Å². The zero-order valence-electron chi connectivity index (χ0n) is 18.7. The van der Waals surface area contributed by atoms with Crippen molar-refractivity contribution in [2.24, 2.45) is 0 Å². The van der Waals surface area contributed by atoms with E-state index in [1.807, 2.05) is 10.6 Å². The molecule has 0 aromatic heterocycles. The molecule has 162 valence electrons. The summed E-state index contributed by atoms with van der Waals surface area (Å²) in [5.74, 6) is 1.59. The van der Waals surface area contributed by atoms with Crippen molar-refractivity contribution < 1.29 is 14.1 Å². The van der Waals surface area contributed by atoms with Crippen LogP contribution in [0.2, 0.25) is 0 Å². The molecule has 2 aromatic carbocycles. The van der Waals surface area contributed by atoms with Crippen LogP contribution >= 0.6 is 11.8 Å². The lowest BCUT2D eigenvalue weighted by Crippen LogP contribution is -2.56. The summed E-state index contributed by atoms with van der Waals surface area (Å²) in [6.45, 7) is 9.29. The summed E-state index contributed by atoms with van der Waals surface area (Å²) in [7, 11) is 0. The smallest absolute Gasteiger partial charge is 0.365 e. The third-order valence-corrected chi connectivity index (χ3v) is 8.53. The van der Waals surface area contributed by atoms with E-state index >= 15 is 0 Å². The van der Waals surface area contributed by atoms with Gasteiger partial charge in [0.1, 0.15) is 5.75 Å². The fourth-order valence-corrected chi connectivity index (χ4v) is 6.26. The maximum absolute atomic E-state index is 13.1. The zero-order chi connectivity index (χ0) is 21.6. The summed E-state index contributed by atoms with van der Waals surface area (Å²) >= 11 is 1.71. The van der Waals surface area contributed by atoms with Gasteiger partial charge in [-0.1, -0.05) is 42.5 Å². The third kappa shape index (κ3) is 3.47. The molecule has 0 radical (unpaired) electrons.